The van der Waals surface area contributed by atoms with Crippen molar-refractivity contribution in [3.63, 3.8) is 0 Å². The highest BCUT2D eigenvalue weighted by Gasteiger charge is 2.33. The van der Waals surface area contributed by atoms with Crippen LogP contribution in [0.2, 0.25) is 0 Å². The Kier molecular flexibility index (Phi) is 7.50. The smallest absolute Gasteiger partial charge is 0.385 e. The normalized spacial score (nSPS) is 19.0. The first-order valence-electron chi connectivity index (χ1n) is 11.0. The van der Waals surface area contributed by atoms with Crippen LogP contribution in [0.25, 0.3) is 10.8 Å². The molecular formula is C26H25F5O3. The number of benzene rings is 3. The molecule has 1 aliphatic heterocycles. The van der Waals surface area contributed by atoms with Crippen molar-refractivity contribution in [1.82, 2.24) is 0 Å². The Balaban J connectivity index is 1.44. The van der Waals surface area contributed by atoms with E-state index in [1.807, 2.05) is 6.07 Å². The number of rotatable bonds is 7. The molecule has 8 heteroatoms. The summed E-state index contributed by atoms with van der Waals surface area (Å²) in [6.07, 6.45) is -3.96. The number of fused-ring (bicyclic) bond motifs is 1. The van der Waals surface area contributed by atoms with E-state index in [4.69, 9.17) is 14.2 Å². The third-order valence-electron chi connectivity index (χ3n) is 6.05. The van der Waals surface area contributed by atoms with Crippen LogP contribution < -0.4 is 0 Å². The maximum atomic E-state index is 15.1. The molecule has 182 valence electrons. The van der Waals surface area contributed by atoms with Gasteiger partial charge in [-0.25, -0.2) is 8.78 Å². The predicted molar refractivity (Wildman–Crippen MR) is 117 cm³/mol. The number of methoxy groups -OCH3 is 1. The van der Waals surface area contributed by atoms with Crippen molar-refractivity contribution < 1.29 is 36.2 Å². The summed E-state index contributed by atoms with van der Waals surface area (Å²) in [6.45, 7) is 1.77. The zero-order valence-electron chi connectivity index (χ0n) is 18.6. The van der Waals surface area contributed by atoms with E-state index >= 15 is 4.39 Å². The van der Waals surface area contributed by atoms with Gasteiger partial charge < -0.3 is 14.2 Å². The Morgan fingerprint density at radius 2 is 1.71 bits per heavy atom. The second-order valence-corrected chi connectivity index (χ2v) is 8.48. The third-order valence-corrected chi connectivity index (χ3v) is 6.05. The van der Waals surface area contributed by atoms with Gasteiger partial charge >= 0.3 is 6.18 Å². The maximum absolute atomic E-state index is 15.1. The van der Waals surface area contributed by atoms with E-state index in [0.717, 1.165) is 24.1 Å². The van der Waals surface area contributed by atoms with Crippen molar-refractivity contribution in [2.75, 3.05) is 26.9 Å². The molecule has 34 heavy (non-hydrogen) atoms. The number of ether oxygens (including phenoxy) is 3. The lowest BCUT2D eigenvalue weighted by atomic mass is 9.98. The number of alkyl halides is 3. The molecule has 0 saturated carbocycles. The lowest BCUT2D eigenvalue weighted by molar-refractivity contribution is -0.207. The highest BCUT2D eigenvalue weighted by molar-refractivity contribution is 5.84. The molecule has 1 heterocycles. The fourth-order valence-corrected chi connectivity index (χ4v) is 4.11. The molecule has 1 saturated heterocycles. The van der Waals surface area contributed by atoms with Crippen LogP contribution in [0.4, 0.5) is 22.0 Å². The van der Waals surface area contributed by atoms with Crippen molar-refractivity contribution in [3.05, 3.63) is 82.4 Å². The predicted octanol–water partition coefficient (Wildman–Crippen LogP) is 6.62. The van der Waals surface area contributed by atoms with Crippen LogP contribution >= 0.6 is 0 Å². The summed E-state index contributed by atoms with van der Waals surface area (Å²) < 4.78 is 83.9. The Hall–Kier alpha value is -2.55. The van der Waals surface area contributed by atoms with Gasteiger partial charge in [-0.05, 0) is 54.0 Å². The molecule has 0 spiro atoms. The standard InChI is InChI=1S/C26H25F5O3/c1-32-11-10-17-14-33-25(34-15-17)20-7-8-21-19(13-20)6-5-18(24(21)28)4-2-16-3-9-22(23(27)12-16)26(29,30)31/h3,5-9,12-13,17,25H,2,4,10-11,14-15H2,1H3. The van der Waals surface area contributed by atoms with E-state index in [1.165, 1.54) is 6.07 Å². The van der Waals surface area contributed by atoms with Gasteiger partial charge in [-0.15, -0.1) is 0 Å². The minimum absolute atomic E-state index is 0.212. The average Bonchev–Trinajstić information content (AvgIpc) is 2.81. The molecule has 4 rings (SSSR count). The van der Waals surface area contributed by atoms with E-state index in [2.05, 4.69) is 0 Å². The van der Waals surface area contributed by atoms with Crippen molar-refractivity contribution >= 4 is 10.8 Å². The third kappa shape index (κ3) is 5.56. The molecular weight excluding hydrogens is 455 g/mol. The van der Waals surface area contributed by atoms with Gasteiger partial charge in [0.1, 0.15) is 11.6 Å². The quantitative estimate of drug-likeness (QED) is 0.356. The number of aryl methyl sites for hydroxylation is 2. The molecule has 0 amide bonds. The maximum Gasteiger partial charge on any atom is 0.419 e. The molecule has 1 aliphatic rings. The summed E-state index contributed by atoms with van der Waals surface area (Å²) in [5.74, 6) is -1.45. The number of hydrogen-bond donors (Lipinski definition) is 0. The first-order chi connectivity index (χ1) is 16.3. The van der Waals surface area contributed by atoms with Crippen LogP contribution in [0.3, 0.4) is 0 Å². The van der Waals surface area contributed by atoms with Crippen LogP contribution in [-0.2, 0) is 33.2 Å². The van der Waals surface area contributed by atoms with Gasteiger partial charge in [0.05, 0.1) is 18.8 Å². The molecule has 0 atom stereocenters. The summed E-state index contributed by atoms with van der Waals surface area (Å²) in [4.78, 5) is 0. The molecule has 0 N–H and O–H groups in total. The SMILES string of the molecule is COCCC1COC(c2ccc3c(F)c(CCc4ccc(C(F)(F)F)c(F)c4)ccc3c2)OC1. The minimum Gasteiger partial charge on any atom is -0.385 e. The fourth-order valence-electron chi connectivity index (χ4n) is 4.11. The van der Waals surface area contributed by atoms with Gasteiger partial charge in [0.25, 0.3) is 0 Å². The van der Waals surface area contributed by atoms with Crippen molar-refractivity contribution in [2.24, 2.45) is 5.92 Å². The zero-order valence-corrected chi connectivity index (χ0v) is 18.6. The van der Waals surface area contributed by atoms with E-state index in [9.17, 15) is 17.6 Å². The Labute approximate surface area is 194 Å². The van der Waals surface area contributed by atoms with Gasteiger partial charge in [0, 0.05) is 30.6 Å². The largest absolute Gasteiger partial charge is 0.419 e. The molecule has 0 radical (unpaired) electrons. The zero-order chi connectivity index (χ0) is 24.3. The molecule has 0 bridgehead atoms. The van der Waals surface area contributed by atoms with Crippen molar-refractivity contribution in [3.8, 4) is 0 Å². The molecule has 1 fully saturated rings. The van der Waals surface area contributed by atoms with E-state index in [0.29, 0.717) is 41.7 Å². The van der Waals surface area contributed by atoms with E-state index in [-0.39, 0.29) is 18.8 Å². The average molecular weight is 480 g/mol. The summed E-state index contributed by atoms with van der Waals surface area (Å²) >= 11 is 0. The van der Waals surface area contributed by atoms with Crippen molar-refractivity contribution in [1.29, 1.82) is 0 Å². The van der Waals surface area contributed by atoms with Gasteiger partial charge in [-0.2, -0.15) is 13.2 Å². The lowest BCUT2D eigenvalue weighted by Gasteiger charge is -2.29. The topological polar surface area (TPSA) is 27.7 Å². The molecule has 0 aromatic heterocycles. The Morgan fingerprint density at radius 3 is 2.38 bits per heavy atom. The van der Waals surface area contributed by atoms with Crippen LogP contribution in [0.15, 0.2) is 48.5 Å². The van der Waals surface area contributed by atoms with E-state index in [1.54, 1.807) is 31.4 Å². The summed E-state index contributed by atoms with van der Waals surface area (Å²) in [7, 11) is 1.65. The molecule has 3 aromatic carbocycles. The fraction of sp³-hybridized carbons (Fsp3) is 0.385. The molecule has 3 aromatic rings. The first-order valence-corrected chi connectivity index (χ1v) is 11.0. The lowest BCUT2D eigenvalue weighted by Crippen LogP contribution is -2.27. The highest BCUT2D eigenvalue weighted by atomic mass is 19.4. The van der Waals surface area contributed by atoms with Crippen molar-refractivity contribution in [2.45, 2.75) is 31.7 Å². The van der Waals surface area contributed by atoms with E-state index < -0.39 is 29.7 Å². The Bertz CT molecular complexity index is 1140. The second-order valence-electron chi connectivity index (χ2n) is 8.48. The van der Waals surface area contributed by atoms with Crippen LogP contribution in [0.5, 0.6) is 0 Å². The molecule has 3 nitrogen and oxygen atoms in total. The summed E-state index contributed by atoms with van der Waals surface area (Å²) in [5, 5.41) is 1.11. The monoisotopic (exact) mass is 480 g/mol. The van der Waals surface area contributed by atoms with Crippen LogP contribution in [-0.4, -0.2) is 26.9 Å². The molecule has 0 unspecified atom stereocenters. The van der Waals surface area contributed by atoms with Gasteiger partial charge in [0.2, 0.25) is 0 Å². The minimum atomic E-state index is -4.74. The van der Waals surface area contributed by atoms with Crippen LogP contribution in [0.1, 0.15) is 35.0 Å². The van der Waals surface area contributed by atoms with Gasteiger partial charge in [-0.3, -0.25) is 0 Å². The molecule has 0 aliphatic carbocycles. The number of halogens is 5. The highest BCUT2D eigenvalue weighted by Crippen LogP contribution is 2.33. The second kappa shape index (κ2) is 10.4. The number of hydrogen-bond acceptors (Lipinski definition) is 3. The first kappa shape index (κ1) is 24.6. The summed E-state index contributed by atoms with van der Waals surface area (Å²) in [6, 6.07) is 11.5. The van der Waals surface area contributed by atoms with Crippen LogP contribution in [0, 0.1) is 17.6 Å². The Morgan fingerprint density at radius 1 is 0.941 bits per heavy atom. The van der Waals surface area contributed by atoms with Gasteiger partial charge in [0.15, 0.2) is 6.29 Å². The van der Waals surface area contributed by atoms with Gasteiger partial charge in [-0.1, -0.05) is 30.3 Å². The summed E-state index contributed by atoms with van der Waals surface area (Å²) in [5.41, 5.74) is 0.271.